The van der Waals surface area contributed by atoms with E-state index in [1.165, 1.54) is 0 Å². The zero-order valence-electron chi connectivity index (χ0n) is 16.3. The number of halogens is 1. The van der Waals surface area contributed by atoms with E-state index in [0.29, 0.717) is 39.6 Å². The molecule has 2 unspecified atom stereocenters. The fourth-order valence-electron chi connectivity index (χ4n) is 4.95. The Bertz CT molecular complexity index is 903. The molecule has 3 atom stereocenters. The lowest BCUT2D eigenvalue weighted by atomic mass is 9.98. The van der Waals surface area contributed by atoms with Crippen molar-refractivity contribution >= 4 is 29.2 Å². The molecule has 0 saturated heterocycles. The highest BCUT2D eigenvalue weighted by molar-refractivity contribution is 6.30. The van der Waals surface area contributed by atoms with E-state index in [1.54, 1.807) is 36.4 Å². The van der Waals surface area contributed by atoms with Crippen LogP contribution >= 0.6 is 11.6 Å². The highest BCUT2D eigenvalue weighted by Gasteiger charge is 2.58. The summed E-state index contributed by atoms with van der Waals surface area (Å²) < 4.78 is 0. The minimum Gasteiger partial charge on any atom is -0.478 e. The average Bonchev–Trinajstić information content (AvgIpc) is 3.20. The molecule has 29 heavy (non-hydrogen) atoms. The summed E-state index contributed by atoms with van der Waals surface area (Å²) in [5.41, 5.74) is 1.63. The molecule has 0 aromatic heterocycles. The predicted molar refractivity (Wildman–Crippen MR) is 114 cm³/mol. The molecule has 2 aromatic rings. The van der Waals surface area contributed by atoms with Crippen LogP contribution in [-0.4, -0.2) is 29.1 Å². The number of carbonyl (C=O) groups excluding carboxylic acids is 1. The van der Waals surface area contributed by atoms with Crippen molar-refractivity contribution in [1.29, 1.82) is 0 Å². The molecule has 0 bridgehead atoms. The van der Waals surface area contributed by atoms with Crippen LogP contribution in [0.3, 0.4) is 0 Å². The van der Waals surface area contributed by atoms with Crippen molar-refractivity contribution in [3.8, 4) is 0 Å². The number of carboxylic acids is 1. The number of nitrogens with one attached hydrogen (secondary N) is 2. The smallest absolute Gasteiger partial charge is 0.337 e. The monoisotopic (exact) mass is 412 g/mol. The van der Waals surface area contributed by atoms with Gasteiger partial charge in [-0.1, -0.05) is 30.7 Å². The van der Waals surface area contributed by atoms with Gasteiger partial charge in [-0.3, -0.25) is 4.79 Å². The number of rotatable bonds is 7. The summed E-state index contributed by atoms with van der Waals surface area (Å²) in [6.45, 7) is 2.11. The van der Waals surface area contributed by atoms with Gasteiger partial charge in [0.1, 0.15) is 0 Å². The van der Waals surface area contributed by atoms with Crippen LogP contribution in [0.25, 0.3) is 0 Å². The molecular weight excluding hydrogens is 388 g/mol. The second-order valence-corrected chi connectivity index (χ2v) is 8.50. The fraction of sp³-hybridized carbons (Fsp3) is 0.391. The summed E-state index contributed by atoms with van der Waals surface area (Å²) in [4.78, 5) is 24.0. The van der Waals surface area contributed by atoms with Gasteiger partial charge >= 0.3 is 5.97 Å². The van der Waals surface area contributed by atoms with Gasteiger partial charge in [0.2, 0.25) is 0 Å². The van der Waals surface area contributed by atoms with Gasteiger partial charge in [-0.2, -0.15) is 0 Å². The fourth-order valence-corrected chi connectivity index (χ4v) is 5.07. The average molecular weight is 413 g/mol. The van der Waals surface area contributed by atoms with E-state index in [-0.39, 0.29) is 18.0 Å². The summed E-state index contributed by atoms with van der Waals surface area (Å²) in [5, 5.41) is 16.6. The summed E-state index contributed by atoms with van der Waals surface area (Å²) in [7, 11) is 0. The van der Waals surface area contributed by atoms with Crippen molar-refractivity contribution < 1.29 is 14.7 Å². The third-order valence-electron chi connectivity index (χ3n) is 6.36. The molecule has 4 rings (SSSR count). The number of amides is 1. The van der Waals surface area contributed by atoms with Gasteiger partial charge in [0.05, 0.1) is 5.56 Å². The Kier molecular flexibility index (Phi) is 5.50. The number of benzene rings is 2. The van der Waals surface area contributed by atoms with Crippen LogP contribution in [0.2, 0.25) is 5.02 Å². The van der Waals surface area contributed by atoms with E-state index in [2.05, 4.69) is 17.6 Å². The Balaban J connectivity index is 1.34. The first-order chi connectivity index (χ1) is 14.0. The SMILES string of the molecule is CC[C@@H](NC(=O)c1ccc(Cl)cc1)C1C2CC(Nc3ccccc3C(=O)O)CC21. The minimum atomic E-state index is -0.912. The molecule has 0 spiro atoms. The lowest BCUT2D eigenvalue weighted by molar-refractivity contribution is 0.0697. The van der Waals surface area contributed by atoms with Gasteiger partial charge in [0.15, 0.2) is 0 Å². The first-order valence-corrected chi connectivity index (χ1v) is 10.5. The first kappa shape index (κ1) is 19.8. The van der Waals surface area contributed by atoms with Crippen LogP contribution in [0.15, 0.2) is 48.5 Å². The summed E-state index contributed by atoms with van der Waals surface area (Å²) in [6.07, 6.45) is 2.92. The van der Waals surface area contributed by atoms with E-state index in [4.69, 9.17) is 11.6 Å². The van der Waals surface area contributed by atoms with E-state index in [1.807, 2.05) is 12.1 Å². The minimum absolute atomic E-state index is 0.0523. The molecular formula is C23H25ClN2O3. The van der Waals surface area contributed by atoms with Crippen molar-refractivity contribution in [2.45, 2.75) is 38.3 Å². The molecule has 2 saturated carbocycles. The number of carboxylic acid groups (broad SMARTS) is 1. The van der Waals surface area contributed by atoms with Gasteiger partial charge in [-0.25, -0.2) is 4.79 Å². The number of para-hydroxylation sites is 1. The molecule has 0 aliphatic heterocycles. The lowest BCUT2D eigenvalue weighted by Crippen LogP contribution is -2.38. The van der Waals surface area contributed by atoms with Crippen molar-refractivity contribution in [1.82, 2.24) is 5.32 Å². The predicted octanol–water partition coefficient (Wildman–Crippen LogP) is 4.68. The largest absolute Gasteiger partial charge is 0.478 e. The van der Waals surface area contributed by atoms with Crippen LogP contribution < -0.4 is 10.6 Å². The number of aromatic carboxylic acids is 1. The first-order valence-electron chi connectivity index (χ1n) is 10.1. The molecule has 2 fully saturated rings. The number of anilines is 1. The van der Waals surface area contributed by atoms with Crippen LogP contribution in [0.1, 0.15) is 46.9 Å². The maximum atomic E-state index is 12.6. The number of hydrogen-bond acceptors (Lipinski definition) is 3. The number of fused-ring (bicyclic) bond motifs is 1. The van der Waals surface area contributed by atoms with Crippen molar-refractivity contribution in [2.24, 2.45) is 17.8 Å². The summed E-state index contributed by atoms with van der Waals surface area (Å²) in [6, 6.07) is 14.5. The Morgan fingerprint density at radius 2 is 1.76 bits per heavy atom. The second-order valence-electron chi connectivity index (χ2n) is 8.06. The molecule has 5 nitrogen and oxygen atoms in total. The quantitative estimate of drug-likeness (QED) is 0.616. The van der Waals surface area contributed by atoms with Gasteiger partial charge in [0, 0.05) is 28.4 Å². The highest BCUT2D eigenvalue weighted by atomic mass is 35.5. The highest BCUT2D eigenvalue weighted by Crippen LogP contribution is 2.59. The molecule has 6 heteroatoms. The van der Waals surface area contributed by atoms with Crippen LogP contribution in [-0.2, 0) is 0 Å². The maximum absolute atomic E-state index is 12.6. The zero-order valence-corrected chi connectivity index (χ0v) is 17.0. The van der Waals surface area contributed by atoms with Crippen LogP contribution in [0, 0.1) is 17.8 Å². The van der Waals surface area contributed by atoms with Gasteiger partial charge in [-0.15, -0.1) is 0 Å². The normalized spacial score (nSPS) is 25.7. The van der Waals surface area contributed by atoms with Gasteiger partial charge in [-0.05, 0) is 73.4 Å². The van der Waals surface area contributed by atoms with Crippen LogP contribution in [0.5, 0.6) is 0 Å². The Morgan fingerprint density at radius 3 is 2.38 bits per heavy atom. The Morgan fingerprint density at radius 1 is 1.10 bits per heavy atom. The second kappa shape index (κ2) is 8.07. The van der Waals surface area contributed by atoms with E-state index in [0.717, 1.165) is 19.3 Å². The van der Waals surface area contributed by atoms with E-state index in [9.17, 15) is 14.7 Å². The molecule has 2 aliphatic carbocycles. The maximum Gasteiger partial charge on any atom is 0.337 e. The Hall–Kier alpha value is -2.53. The molecule has 1 amide bonds. The van der Waals surface area contributed by atoms with Crippen molar-refractivity contribution in [2.75, 3.05) is 5.32 Å². The van der Waals surface area contributed by atoms with Crippen molar-refractivity contribution in [3.63, 3.8) is 0 Å². The number of hydrogen-bond donors (Lipinski definition) is 3. The number of carbonyl (C=O) groups is 2. The van der Waals surface area contributed by atoms with Gasteiger partial charge in [0.25, 0.3) is 5.91 Å². The van der Waals surface area contributed by atoms with Crippen LogP contribution in [0.4, 0.5) is 5.69 Å². The molecule has 0 heterocycles. The van der Waals surface area contributed by atoms with E-state index < -0.39 is 5.97 Å². The standard InChI is InChI=1S/C23H25ClN2O3/c1-2-19(26-22(27)13-7-9-14(24)10-8-13)21-17-11-15(12-18(17)21)25-20-6-4-3-5-16(20)23(28)29/h3-10,15,17-19,21,25H,2,11-12H2,1H3,(H,26,27)(H,28,29)/t15?,17?,18?,19-,21?/m1/s1. The molecule has 3 N–H and O–H groups in total. The molecule has 2 aromatic carbocycles. The molecule has 0 radical (unpaired) electrons. The topological polar surface area (TPSA) is 78.4 Å². The zero-order chi connectivity index (χ0) is 20.5. The Labute approximate surface area is 175 Å². The van der Waals surface area contributed by atoms with E-state index >= 15 is 0 Å². The third kappa shape index (κ3) is 4.10. The summed E-state index contributed by atoms with van der Waals surface area (Å²) >= 11 is 5.90. The third-order valence-corrected chi connectivity index (χ3v) is 6.61. The van der Waals surface area contributed by atoms with Gasteiger partial charge < -0.3 is 15.7 Å². The summed E-state index contributed by atoms with van der Waals surface area (Å²) in [5.74, 6) is 0.706. The molecule has 2 aliphatic rings. The molecule has 152 valence electrons. The lowest BCUT2D eigenvalue weighted by Gasteiger charge is -2.23. The van der Waals surface area contributed by atoms with Crippen molar-refractivity contribution in [3.05, 3.63) is 64.7 Å².